The van der Waals surface area contributed by atoms with E-state index in [1.54, 1.807) is 9.80 Å². The second-order valence-electron chi connectivity index (χ2n) is 6.14. The number of rotatable bonds is 9. The number of hydrogen-bond donors (Lipinski definition) is 2. The second-order valence-corrected chi connectivity index (χ2v) is 6.55. The first kappa shape index (κ1) is 18.3. The third kappa shape index (κ3) is 6.15. The molecule has 0 saturated carbocycles. The molecule has 1 aromatic rings. The highest BCUT2D eigenvalue weighted by atomic mass is 35.5. The molecule has 1 saturated heterocycles. The number of ether oxygens (including phenoxy) is 2. The molecule has 1 aliphatic heterocycles. The summed E-state index contributed by atoms with van der Waals surface area (Å²) in [6.45, 7) is 11.8. The van der Waals surface area contributed by atoms with Crippen LogP contribution in [0.3, 0.4) is 0 Å². The Morgan fingerprint density at radius 2 is 1.96 bits per heavy atom. The van der Waals surface area contributed by atoms with Gasteiger partial charge in [-0.25, -0.2) is 0 Å². The Bertz CT molecular complexity index is 488. The Morgan fingerprint density at radius 3 is 2.70 bits per heavy atom. The van der Waals surface area contributed by atoms with Gasteiger partial charge in [0.1, 0.15) is 45.1 Å². The van der Waals surface area contributed by atoms with Gasteiger partial charge in [0.25, 0.3) is 0 Å². The van der Waals surface area contributed by atoms with Crippen LogP contribution in [0.2, 0.25) is 5.02 Å². The van der Waals surface area contributed by atoms with E-state index >= 15 is 0 Å². The molecule has 2 N–H and O–H groups in total. The number of benzene rings is 1. The highest BCUT2D eigenvalue weighted by Gasteiger charge is 2.19. The van der Waals surface area contributed by atoms with Crippen LogP contribution in [-0.4, -0.2) is 59.6 Å². The summed E-state index contributed by atoms with van der Waals surface area (Å²) in [6.07, 6.45) is 2.61. The molecule has 0 spiro atoms. The van der Waals surface area contributed by atoms with Crippen LogP contribution in [0.5, 0.6) is 5.75 Å². The predicted octanol–water partition coefficient (Wildman–Crippen LogP) is -0.123. The van der Waals surface area contributed by atoms with Gasteiger partial charge in [0.2, 0.25) is 0 Å². The molecule has 0 atom stereocenters. The first-order valence-electron chi connectivity index (χ1n) is 8.44. The van der Waals surface area contributed by atoms with E-state index in [1.165, 1.54) is 26.2 Å². The summed E-state index contributed by atoms with van der Waals surface area (Å²) in [7, 11) is 2.26. The van der Waals surface area contributed by atoms with E-state index in [9.17, 15) is 0 Å². The number of quaternary nitrogens is 2. The predicted molar refractivity (Wildman–Crippen MR) is 93.9 cm³/mol. The van der Waals surface area contributed by atoms with Gasteiger partial charge in [0.15, 0.2) is 0 Å². The third-order valence-corrected chi connectivity index (χ3v) is 4.60. The SMILES string of the molecule is C=CCc1cccc(Cl)c1OCCOCC[NH+]1CC[NH+](C)CC1. The van der Waals surface area contributed by atoms with Crippen LogP contribution in [0, 0.1) is 0 Å². The van der Waals surface area contributed by atoms with Gasteiger partial charge in [-0.3, -0.25) is 0 Å². The van der Waals surface area contributed by atoms with Crippen molar-refractivity contribution in [3.05, 3.63) is 41.4 Å². The third-order valence-electron chi connectivity index (χ3n) is 4.30. The van der Waals surface area contributed by atoms with Gasteiger partial charge >= 0.3 is 0 Å². The number of likely N-dealkylation sites (N-methyl/N-ethyl adjacent to an activating group) is 1. The zero-order valence-corrected chi connectivity index (χ0v) is 14.8. The van der Waals surface area contributed by atoms with E-state index in [0.29, 0.717) is 18.2 Å². The maximum Gasteiger partial charge on any atom is 0.141 e. The van der Waals surface area contributed by atoms with Crippen LogP contribution < -0.4 is 14.5 Å². The van der Waals surface area contributed by atoms with E-state index in [-0.39, 0.29) is 0 Å². The topological polar surface area (TPSA) is 27.3 Å². The quantitative estimate of drug-likeness (QED) is 0.484. The smallest absolute Gasteiger partial charge is 0.141 e. The zero-order valence-electron chi connectivity index (χ0n) is 14.1. The molecule has 0 amide bonds. The lowest BCUT2D eigenvalue weighted by molar-refractivity contribution is -1.00. The van der Waals surface area contributed by atoms with Crippen LogP contribution >= 0.6 is 11.6 Å². The Hall–Kier alpha value is -1.07. The van der Waals surface area contributed by atoms with Gasteiger partial charge < -0.3 is 19.3 Å². The second kappa shape index (κ2) is 9.93. The zero-order chi connectivity index (χ0) is 16.5. The van der Waals surface area contributed by atoms with Crippen molar-refractivity contribution in [2.24, 2.45) is 0 Å². The number of allylic oxidation sites excluding steroid dienone is 1. The molecule has 0 unspecified atom stereocenters. The maximum atomic E-state index is 6.21. The number of hydrogen-bond acceptors (Lipinski definition) is 2. The molecular weight excluding hydrogens is 312 g/mol. The molecule has 0 bridgehead atoms. The normalized spacial score (nSPS) is 21.1. The highest BCUT2D eigenvalue weighted by Crippen LogP contribution is 2.29. The van der Waals surface area contributed by atoms with E-state index in [4.69, 9.17) is 21.1 Å². The molecule has 0 aliphatic carbocycles. The summed E-state index contributed by atoms with van der Waals surface area (Å²) in [4.78, 5) is 3.29. The minimum absolute atomic E-state index is 0.524. The summed E-state index contributed by atoms with van der Waals surface area (Å²) in [5, 5.41) is 0.647. The van der Waals surface area contributed by atoms with Crippen molar-refractivity contribution in [1.82, 2.24) is 0 Å². The fourth-order valence-electron chi connectivity index (χ4n) is 2.83. The van der Waals surface area contributed by atoms with Gasteiger partial charge in [-0.15, -0.1) is 6.58 Å². The number of piperazine rings is 1. The van der Waals surface area contributed by atoms with E-state index in [1.807, 2.05) is 24.3 Å². The lowest BCUT2D eigenvalue weighted by Gasteiger charge is -2.27. The van der Waals surface area contributed by atoms with Crippen molar-refractivity contribution in [3.8, 4) is 5.75 Å². The molecule has 1 heterocycles. The minimum Gasteiger partial charge on any atom is -0.489 e. The van der Waals surface area contributed by atoms with Gasteiger partial charge in [-0.05, 0) is 18.1 Å². The van der Waals surface area contributed by atoms with Crippen LogP contribution in [0.1, 0.15) is 5.56 Å². The molecule has 0 aromatic heterocycles. The van der Waals surface area contributed by atoms with Crippen LogP contribution in [0.4, 0.5) is 0 Å². The summed E-state index contributed by atoms with van der Waals surface area (Å²) < 4.78 is 11.5. The summed E-state index contributed by atoms with van der Waals surface area (Å²) in [5.41, 5.74) is 1.07. The number of para-hydroxylation sites is 1. The fourth-order valence-corrected chi connectivity index (χ4v) is 3.08. The van der Waals surface area contributed by atoms with Gasteiger partial charge in [-0.1, -0.05) is 29.8 Å². The first-order valence-corrected chi connectivity index (χ1v) is 8.82. The Labute approximate surface area is 144 Å². The minimum atomic E-state index is 0.524. The molecule has 4 nitrogen and oxygen atoms in total. The monoisotopic (exact) mass is 340 g/mol. The Balaban J connectivity index is 1.63. The molecule has 5 heteroatoms. The largest absolute Gasteiger partial charge is 0.489 e. The Morgan fingerprint density at radius 1 is 1.17 bits per heavy atom. The van der Waals surface area contributed by atoms with E-state index in [2.05, 4.69) is 13.6 Å². The van der Waals surface area contributed by atoms with Gasteiger partial charge in [0, 0.05) is 0 Å². The van der Waals surface area contributed by atoms with Crippen molar-refractivity contribution in [3.63, 3.8) is 0 Å². The molecule has 128 valence electrons. The summed E-state index contributed by atoms with van der Waals surface area (Å²) >= 11 is 6.21. The van der Waals surface area contributed by atoms with Gasteiger partial charge in [0.05, 0.1) is 25.3 Å². The van der Waals surface area contributed by atoms with Crippen molar-refractivity contribution < 1.29 is 19.3 Å². The molecular formula is C18H29ClN2O2+2. The molecule has 1 aromatic carbocycles. The molecule has 0 radical (unpaired) electrons. The lowest BCUT2D eigenvalue weighted by Crippen LogP contribution is -3.27. The molecule has 1 fully saturated rings. The highest BCUT2D eigenvalue weighted by molar-refractivity contribution is 6.32. The lowest BCUT2D eigenvalue weighted by atomic mass is 10.1. The Kier molecular flexibility index (Phi) is 7.89. The fraction of sp³-hybridized carbons (Fsp3) is 0.556. The van der Waals surface area contributed by atoms with Crippen molar-refractivity contribution in [1.29, 1.82) is 0 Å². The average Bonchev–Trinajstić information content (AvgIpc) is 2.55. The molecule has 1 aliphatic rings. The van der Waals surface area contributed by atoms with Crippen LogP contribution in [-0.2, 0) is 11.2 Å². The van der Waals surface area contributed by atoms with E-state index < -0.39 is 0 Å². The van der Waals surface area contributed by atoms with Crippen LogP contribution in [0.15, 0.2) is 30.9 Å². The van der Waals surface area contributed by atoms with Crippen molar-refractivity contribution in [2.45, 2.75) is 6.42 Å². The van der Waals surface area contributed by atoms with Gasteiger partial charge in [-0.2, -0.15) is 0 Å². The summed E-state index contributed by atoms with van der Waals surface area (Å²) in [6, 6.07) is 5.80. The van der Waals surface area contributed by atoms with E-state index in [0.717, 1.165) is 30.9 Å². The molecule has 2 rings (SSSR count). The number of nitrogens with one attached hydrogen (secondary N) is 2. The van der Waals surface area contributed by atoms with Crippen molar-refractivity contribution >= 4 is 11.6 Å². The molecule has 23 heavy (non-hydrogen) atoms. The maximum absolute atomic E-state index is 6.21. The van der Waals surface area contributed by atoms with Crippen LogP contribution in [0.25, 0.3) is 0 Å². The first-order chi connectivity index (χ1) is 11.2. The summed E-state index contributed by atoms with van der Waals surface area (Å²) in [5.74, 6) is 0.755. The standard InChI is InChI=1S/C18H27ClN2O2/c1-3-5-16-6-4-7-17(19)18(16)23-15-14-22-13-12-21-10-8-20(2)9-11-21/h3-4,6-7H,1,5,8-15H2,2H3/p+2. The average molecular weight is 341 g/mol. The number of halogens is 1. The van der Waals surface area contributed by atoms with Crippen molar-refractivity contribution in [2.75, 3.05) is 59.6 Å².